The lowest BCUT2D eigenvalue weighted by molar-refractivity contribution is -0.0507. The first-order valence-corrected chi connectivity index (χ1v) is 8.42. The van der Waals surface area contributed by atoms with E-state index in [-0.39, 0.29) is 25.0 Å². The summed E-state index contributed by atoms with van der Waals surface area (Å²) < 4.78 is 40.6. The molecule has 1 amide bonds. The van der Waals surface area contributed by atoms with Gasteiger partial charge in [-0.25, -0.2) is 0 Å². The third-order valence-corrected chi connectivity index (χ3v) is 4.53. The minimum absolute atomic E-state index is 0.00802. The fraction of sp³-hybridized carbons (Fsp3) is 0.412. The first kappa shape index (κ1) is 17.5. The molecule has 0 bridgehead atoms. The van der Waals surface area contributed by atoms with Gasteiger partial charge in [0.2, 0.25) is 6.79 Å². The van der Waals surface area contributed by atoms with E-state index < -0.39 is 6.61 Å². The van der Waals surface area contributed by atoms with Crippen LogP contribution in [0, 0.1) is 0 Å². The van der Waals surface area contributed by atoms with Crippen LogP contribution in [0.2, 0.25) is 0 Å². The van der Waals surface area contributed by atoms with Crippen LogP contribution in [0.3, 0.4) is 0 Å². The van der Waals surface area contributed by atoms with Gasteiger partial charge in [0.15, 0.2) is 17.2 Å². The normalized spacial score (nSPS) is 15.0. The van der Waals surface area contributed by atoms with Gasteiger partial charge >= 0.3 is 6.61 Å². The van der Waals surface area contributed by atoms with E-state index in [0.717, 1.165) is 24.2 Å². The van der Waals surface area contributed by atoms with Crippen LogP contribution >= 0.6 is 0 Å². The second kappa shape index (κ2) is 7.03. The Labute approximate surface area is 153 Å². The molecule has 1 aromatic carbocycles. The van der Waals surface area contributed by atoms with Crippen molar-refractivity contribution in [2.75, 3.05) is 20.4 Å². The van der Waals surface area contributed by atoms with Crippen LogP contribution in [0.15, 0.2) is 12.1 Å². The summed E-state index contributed by atoms with van der Waals surface area (Å²) in [6.07, 6.45) is 0.772. The first-order valence-electron chi connectivity index (χ1n) is 8.42. The molecule has 0 saturated carbocycles. The van der Waals surface area contributed by atoms with Crippen molar-refractivity contribution in [3.63, 3.8) is 0 Å². The zero-order chi connectivity index (χ0) is 19.0. The third-order valence-electron chi connectivity index (χ3n) is 4.53. The lowest BCUT2D eigenvalue weighted by Gasteiger charge is -2.20. The van der Waals surface area contributed by atoms with Gasteiger partial charge in [-0.05, 0) is 6.07 Å². The molecule has 0 spiro atoms. The van der Waals surface area contributed by atoms with Crippen molar-refractivity contribution in [1.82, 2.24) is 20.4 Å². The number of nitrogens with zero attached hydrogens (tertiary/aromatic N) is 2. The van der Waals surface area contributed by atoms with Crippen LogP contribution in [-0.4, -0.2) is 48.0 Å². The van der Waals surface area contributed by atoms with Crippen molar-refractivity contribution in [2.45, 2.75) is 26.1 Å². The van der Waals surface area contributed by atoms with E-state index >= 15 is 0 Å². The number of nitrogens with one attached hydrogen (secondary N) is 2. The summed E-state index contributed by atoms with van der Waals surface area (Å²) in [4.78, 5) is 14.2. The Morgan fingerprint density at radius 3 is 2.93 bits per heavy atom. The quantitative estimate of drug-likeness (QED) is 0.820. The number of H-pyrrole nitrogens is 1. The van der Waals surface area contributed by atoms with Gasteiger partial charge in [-0.15, -0.1) is 0 Å². The second-order valence-corrected chi connectivity index (χ2v) is 6.31. The molecular formula is C17H18F2N4O4. The smallest absolute Gasteiger partial charge is 0.387 e. The highest BCUT2D eigenvalue weighted by Crippen LogP contribution is 2.39. The lowest BCUT2D eigenvalue weighted by Crippen LogP contribution is -2.30. The molecule has 0 atom stereocenters. The monoisotopic (exact) mass is 380 g/mol. The fourth-order valence-electron chi connectivity index (χ4n) is 3.20. The van der Waals surface area contributed by atoms with Gasteiger partial charge in [-0.3, -0.25) is 9.89 Å². The summed E-state index contributed by atoms with van der Waals surface area (Å²) in [6.45, 7) is -1.55. The maximum absolute atomic E-state index is 12.8. The number of carbonyl (C=O) groups excluding carboxylic acids is 1. The molecule has 10 heteroatoms. The molecule has 0 radical (unpaired) electrons. The van der Waals surface area contributed by atoms with E-state index in [0.29, 0.717) is 29.3 Å². The highest BCUT2D eigenvalue weighted by molar-refractivity contribution is 5.94. The summed E-state index contributed by atoms with van der Waals surface area (Å²) >= 11 is 0. The summed E-state index contributed by atoms with van der Waals surface area (Å²) in [5.41, 5.74) is 2.50. The van der Waals surface area contributed by atoms with Crippen molar-refractivity contribution in [3.8, 4) is 17.2 Å². The summed E-state index contributed by atoms with van der Waals surface area (Å²) in [6, 6.07) is 2.90. The van der Waals surface area contributed by atoms with E-state index in [1.165, 1.54) is 11.0 Å². The van der Waals surface area contributed by atoms with Crippen LogP contribution < -0.4 is 19.5 Å². The number of carbonyl (C=O) groups is 1. The number of hydrogen-bond acceptors (Lipinski definition) is 6. The van der Waals surface area contributed by atoms with Crippen LogP contribution in [-0.2, 0) is 19.5 Å². The molecule has 144 valence electrons. The molecule has 0 unspecified atom stereocenters. The first-order chi connectivity index (χ1) is 13.0. The molecule has 0 fully saturated rings. The number of aromatic amines is 1. The van der Waals surface area contributed by atoms with E-state index in [1.807, 2.05) is 0 Å². The Hall–Kier alpha value is -2.88. The van der Waals surface area contributed by atoms with Crippen molar-refractivity contribution >= 4 is 5.91 Å². The van der Waals surface area contributed by atoms with Gasteiger partial charge in [0.05, 0.1) is 0 Å². The summed E-state index contributed by atoms with van der Waals surface area (Å²) in [5.74, 6) is 0.390. The number of ether oxygens (including phenoxy) is 3. The van der Waals surface area contributed by atoms with Crippen molar-refractivity contribution in [3.05, 3.63) is 34.6 Å². The average Bonchev–Trinajstić information content (AvgIpc) is 3.27. The fourth-order valence-corrected chi connectivity index (χ4v) is 3.20. The van der Waals surface area contributed by atoms with E-state index in [4.69, 9.17) is 9.47 Å². The Morgan fingerprint density at radius 1 is 1.37 bits per heavy atom. The van der Waals surface area contributed by atoms with Crippen LogP contribution in [0.4, 0.5) is 8.78 Å². The van der Waals surface area contributed by atoms with Crippen LogP contribution in [0.25, 0.3) is 0 Å². The number of halogens is 2. The SMILES string of the molecule is CN(Cc1cc2c(cc1OC(F)F)OCO2)C(=O)c1n[nH]c2c1CNCC2. The zero-order valence-electron chi connectivity index (χ0n) is 14.6. The Bertz CT molecular complexity index is 871. The highest BCUT2D eigenvalue weighted by atomic mass is 19.3. The van der Waals surface area contributed by atoms with Crippen molar-refractivity contribution < 1.29 is 27.8 Å². The van der Waals surface area contributed by atoms with Crippen molar-refractivity contribution in [2.24, 2.45) is 0 Å². The highest BCUT2D eigenvalue weighted by Gasteiger charge is 2.26. The number of hydrogen-bond donors (Lipinski definition) is 2. The minimum atomic E-state index is -2.99. The molecule has 27 heavy (non-hydrogen) atoms. The summed E-state index contributed by atoms with van der Waals surface area (Å²) in [7, 11) is 1.58. The van der Waals surface area contributed by atoms with E-state index in [1.54, 1.807) is 13.1 Å². The van der Waals surface area contributed by atoms with Crippen molar-refractivity contribution in [1.29, 1.82) is 0 Å². The third kappa shape index (κ3) is 3.39. The minimum Gasteiger partial charge on any atom is -0.454 e. The van der Waals surface area contributed by atoms with E-state index in [9.17, 15) is 13.6 Å². The molecule has 2 N–H and O–H groups in total. The number of benzene rings is 1. The largest absolute Gasteiger partial charge is 0.454 e. The summed E-state index contributed by atoms with van der Waals surface area (Å²) in [5, 5.41) is 10.2. The Morgan fingerprint density at radius 2 is 2.15 bits per heavy atom. The predicted octanol–water partition coefficient (Wildman–Crippen LogP) is 1.66. The molecule has 0 aliphatic carbocycles. The molecule has 2 aliphatic rings. The van der Waals surface area contributed by atoms with Crippen LogP contribution in [0.5, 0.6) is 17.2 Å². The maximum atomic E-state index is 12.8. The van der Waals surface area contributed by atoms with Crippen LogP contribution in [0.1, 0.15) is 27.3 Å². The molecule has 0 saturated heterocycles. The molecule has 4 rings (SSSR count). The number of rotatable bonds is 5. The number of fused-ring (bicyclic) bond motifs is 2. The Balaban J connectivity index is 1.58. The molecule has 1 aromatic heterocycles. The molecular weight excluding hydrogens is 362 g/mol. The van der Waals surface area contributed by atoms with Gasteiger partial charge in [0, 0.05) is 56.0 Å². The zero-order valence-corrected chi connectivity index (χ0v) is 14.6. The molecule has 2 aliphatic heterocycles. The van der Waals surface area contributed by atoms with Gasteiger partial charge in [-0.2, -0.15) is 13.9 Å². The standard InChI is InChI=1S/C17H18F2N4O4/c1-23(16(24)15-10-6-20-3-2-11(10)21-22-15)7-9-4-13-14(26-8-25-13)5-12(9)27-17(18)19/h4-5,17,20H,2-3,6-8H2,1H3,(H,21,22). The molecule has 3 heterocycles. The molecule has 8 nitrogen and oxygen atoms in total. The second-order valence-electron chi connectivity index (χ2n) is 6.31. The Kier molecular flexibility index (Phi) is 4.56. The van der Waals surface area contributed by atoms with E-state index in [2.05, 4.69) is 20.3 Å². The predicted molar refractivity (Wildman–Crippen MR) is 89.0 cm³/mol. The topological polar surface area (TPSA) is 88.7 Å². The van der Waals surface area contributed by atoms with Gasteiger partial charge in [-0.1, -0.05) is 0 Å². The number of amides is 1. The number of alkyl halides is 2. The van der Waals surface area contributed by atoms with Gasteiger partial charge in [0.25, 0.3) is 5.91 Å². The number of aromatic nitrogens is 2. The lowest BCUT2D eigenvalue weighted by atomic mass is 10.1. The average molecular weight is 380 g/mol. The molecule has 2 aromatic rings. The van der Waals surface area contributed by atoms with Gasteiger partial charge < -0.3 is 24.4 Å². The van der Waals surface area contributed by atoms with Gasteiger partial charge in [0.1, 0.15) is 5.75 Å². The maximum Gasteiger partial charge on any atom is 0.387 e.